The van der Waals surface area contributed by atoms with E-state index in [2.05, 4.69) is 10.2 Å². The predicted octanol–water partition coefficient (Wildman–Crippen LogP) is 3.94. The summed E-state index contributed by atoms with van der Waals surface area (Å²) in [5.41, 5.74) is 1.79. The van der Waals surface area contributed by atoms with Crippen molar-refractivity contribution < 1.29 is 4.79 Å². The summed E-state index contributed by atoms with van der Waals surface area (Å²) in [6.07, 6.45) is 3.58. The number of likely N-dealkylation sites (N-methyl/N-ethyl adjacent to an activating group) is 1. The average Bonchev–Trinajstić information content (AvgIpc) is 3.08. The molecule has 3 aromatic rings. The van der Waals surface area contributed by atoms with Crippen LogP contribution >= 0.6 is 12.2 Å². The van der Waals surface area contributed by atoms with Gasteiger partial charge < -0.3 is 9.47 Å². The minimum Gasteiger partial charge on any atom is -0.338 e. The lowest BCUT2D eigenvalue weighted by molar-refractivity contribution is -0.135. The van der Waals surface area contributed by atoms with E-state index < -0.39 is 6.04 Å². The van der Waals surface area contributed by atoms with Crippen molar-refractivity contribution in [1.82, 2.24) is 19.7 Å². The van der Waals surface area contributed by atoms with E-state index >= 15 is 0 Å². The SMILES string of the molecule is CCN(C(=O)C(c1ccccc1)n1ccc2[nH]ncc2c1=S)C(C)C. The van der Waals surface area contributed by atoms with Gasteiger partial charge in [-0.1, -0.05) is 42.5 Å². The maximum absolute atomic E-state index is 13.4. The summed E-state index contributed by atoms with van der Waals surface area (Å²) in [5.74, 6) is 0.0441. The van der Waals surface area contributed by atoms with Crippen LogP contribution in [0.3, 0.4) is 0 Å². The van der Waals surface area contributed by atoms with Gasteiger partial charge in [0.25, 0.3) is 5.91 Å². The molecule has 5 nitrogen and oxygen atoms in total. The van der Waals surface area contributed by atoms with Gasteiger partial charge in [-0.2, -0.15) is 5.10 Å². The Morgan fingerprint density at radius 1 is 1.28 bits per heavy atom. The van der Waals surface area contributed by atoms with Gasteiger partial charge in [0.2, 0.25) is 0 Å². The highest BCUT2D eigenvalue weighted by Crippen LogP contribution is 2.25. The van der Waals surface area contributed by atoms with E-state index in [0.717, 1.165) is 16.5 Å². The summed E-state index contributed by atoms with van der Waals surface area (Å²) in [7, 11) is 0. The quantitative estimate of drug-likeness (QED) is 0.706. The number of hydrogen-bond donors (Lipinski definition) is 1. The van der Waals surface area contributed by atoms with Gasteiger partial charge in [0, 0.05) is 18.8 Å². The highest BCUT2D eigenvalue weighted by atomic mass is 32.1. The van der Waals surface area contributed by atoms with Crippen LogP contribution in [0, 0.1) is 4.64 Å². The number of nitrogens with one attached hydrogen (secondary N) is 1. The molecule has 3 rings (SSSR count). The molecule has 0 radical (unpaired) electrons. The third-order valence-corrected chi connectivity index (χ3v) is 4.84. The largest absolute Gasteiger partial charge is 0.338 e. The minimum absolute atomic E-state index is 0.0441. The van der Waals surface area contributed by atoms with Crippen LogP contribution in [0.5, 0.6) is 0 Å². The molecule has 130 valence electrons. The van der Waals surface area contributed by atoms with Crippen molar-refractivity contribution >= 4 is 29.0 Å². The number of hydrogen-bond acceptors (Lipinski definition) is 3. The minimum atomic E-state index is -0.490. The van der Waals surface area contributed by atoms with E-state index in [1.54, 1.807) is 6.20 Å². The van der Waals surface area contributed by atoms with Gasteiger partial charge in [-0.25, -0.2) is 0 Å². The molecule has 0 fully saturated rings. The van der Waals surface area contributed by atoms with Gasteiger partial charge >= 0.3 is 0 Å². The van der Waals surface area contributed by atoms with Gasteiger partial charge in [-0.15, -0.1) is 0 Å². The number of aromatic amines is 1. The number of H-pyrrole nitrogens is 1. The Morgan fingerprint density at radius 2 is 2.00 bits per heavy atom. The summed E-state index contributed by atoms with van der Waals surface area (Å²) in [6, 6.07) is 11.3. The first-order valence-electron chi connectivity index (χ1n) is 8.44. The number of carbonyl (C=O) groups excluding carboxylic acids is 1. The molecule has 1 aromatic carbocycles. The number of nitrogens with zero attached hydrogens (tertiary/aromatic N) is 3. The van der Waals surface area contributed by atoms with E-state index in [0.29, 0.717) is 11.2 Å². The van der Waals surface area contributed by atoms with Crippen LogP contribution in [-0.2, 0) is 4.79 Å². The van der Waals surface area contributed by atoms with Gasteiger partial charge in [0.1, 0.15) is 10.7 Å². The van der Waals surface area contributed by atoms with Crippen molar-refractivity contribution in [2.45, 2.75) is 32.9 Å². The Morgan fingerprint density at radius 3 is 2.64 bits per heavy atom. The Labute approximate surface area is 152 Å². The average molecular weight is 354 g/mol. The van der Waals surface area contributed by atoms with Gasteiger partial charge in [0.15, 0.2) is 0 Å². The maximum Gasteiger partial charge on any atom is 0.250 e. The number of amides is 1. The van der Waals surface area contributed by atoms with Crippen molar-refractivity contribution in [1.29, 1.82) is 0 Å². The molecule has 1 N–H and O–H groups in total. The Kier molecular flexibility index (Phi) is 4.99. The van der Waals surface area contributed by atoms with Gasteiger partial charge in [-0.3, -0.25) is 9.89 Å². The fourth-order valence-corrected chi connectivity index (χ4v) is 3.48. The smallest absolute Gasteiger partial charge is 0.250 e. The van der Waals surface area contributed by atoms with Crippen LogP contribution in [0.25, 0.3) is 10.9 Å². The summed E-state index contributed by atoms with van der Waals surface area (Å²) in [5, 5.41) is 7.83. The van der Waals surface area contributed by atoms with Gasteiger partial charge in [-0.05, 0) is 32.4 Å². The molecular formula is C19H22N4OS. The third kappa shape index (κ3) is 3.22. The van der Waals surface area contributed by atoms with Crippen LogP contribution in [0.1, 0.15) is 32.4 Å². The second kappa shape index (κ2) is 7.19. The summed E-state index contributed by atoms with van der Waals surface area (Å²) in [4.78, 5) is 15.3. The Balaban J connectivity index is 2.18. The first kappa shape index (κ1) is 17.4. The number of aromatic nitrogens is 3. The van der Waals surface area contributed by atoms with Crippen molar-refractivity contribution in [2.24, 2.45) is 0 Å². The summed E-state index contributed by atoms with van der Waals surface area (Å²) >= 11 is 5.66. The number of fused-ring (bicyclic) bond motifs is 1. The number of benzene rings is 1. The molecule has 0 saturated carbocycles. The number of pyridine rings is 1. The number of carbonyl (C=O) groups is 1. The number of rotatable bonds is 5. The normalized spacial score (nSPS) is 12.5. The molecule has 2 heterocycles. The lowest BCUT2D eigenvalue weighted by Crippen LogP contribution is -2.42. The molecule has 0 aliphatic carbocycles. The second-order valence-electron chi connectivity index (χ2n) is 6.26. The zero-order chi connectivity index (χ0) is 18.0. The first-order chi connectivity index (χ1) is 12.0. The lowest BCUT2D eigenvalue weighted by Gasteiger charge is -2.31. The maximum atomic E-state index is 13.4. The van der Waals surface area contributed by atoms with Crippen molar-refractivity contribution in [3.8, 4) is 0 Å². The lowest BCUT2D eigenvalue weighted by atomic mass is 10.0. The molecule has 1 amide bonds. The third-order valence-electron chi connectivity index (χ3n) is 4.41. The molecule has 0 bridgehead atoms. The van der Waals surface area contributed by atoms with Crippen LogP contribution in [0.4, 0.5) is 0 Å². The summed E-state index contributed by atoms with van der Waals surface area (Å²) < 4.78 is 2.48. The summed E-state index contributed by atoms with van der Waals surface area (Å²) in [6.45, 7) is 6.71. The van der Waals surface area contributed by atoms with Crippen LogP contribution in [0.15, 0.2) is 48.8 Å². The fraction of sp³-hybridized carbons (Fsp3) is 0.316. The van der Waals surface area contributed by atoms with Crippen molar-refractivity contribution in [2.75, 3.05) is 6.54 Å². The van der Waals surface area contributed by atoms with E-state index in [4.69, 9.17) is 12.2 Å². The molecule has 6 heteroatoms. The van der Waals surface area contributed by atoms with E-state index in [1.165, 1.54) is 0 Å². The molecule has 2 aromatic heterocycles. The van der Waals surface area contributed by atoms with Gasteiger partial charge in [0.05, 0.1) is 17.1 Å². The Hall–Kier alpha value is -2.47. The monoisotopic (exact) mass is 354 g/mol. The highest BCUT2D eigenvalue weighted by molar-refractivity contribution is 7.71. The van der Waals surface area contributed by atoms with E-state index in [-0.39, 0.29) is 11.9 Å². The zero-order valence-electron chi connectivity index (χ0n) is 14.6. The van der Waals surface area contributed by atoms with E-state index in [1.807, 2.05) is 72.8 Å². The standard InChI is InChI=1S/C19H22N4OS/c1-4-22(13(2)3)18(24)17(14-8-6-5-7-9-14)23-11-10-16-15(19(23)25)12-20-21-16/h5-13,17H,4H2,1-3H3,(H,20,21). The van der Waals surface area contributed by atoms with Crippen LogP contribution in [-0.4, -0.2) is 38.2 Å². The van der Waals surface area contributed by atoms with Crippen molar-refractivity contribution in [3.63, 3.8) is 0 Å². The molecule has 0 aliphatic heterocycles. The first-order valence-corrected chi connectivity index (χ1v) is 8.85. The zero-order valence-corrected chi connectivity index (χ0v) is 15.5. The fourth-order valence-electron chi connectivity index (χ4n) is 3.15. The molecular weight excluding hydrogens is 332 g/mol. The molecule has 25 heavy (non-hydrogen) atoms. The molecule has 0 aliphatic rings. The second-order valence-corrected chi connectivity index (χ2v) is 6.64. The van der Waals surface area contributed by atoms with Crippen molar-refractivity contribution in [3.05, 3.63) is 59.0 Å². The molecule has 1 unspecified atom stereocenters. The molecule has 0 spiro atoms. The van der Waals surface area contributed by atoms with Crippen LogP contribution in [0.2, 0.25) is 0 Å². The Bertz CT molecular complexity index is 929. The highest BCUT2D eigenvalue weighted by Gasteiger charge is 2.28. The topological polar surface area (TPSA) is 53.9 Å². The predicted molar refractivity (Wildman–Crippen MR) is 102 cm³/mol. The van der Waals surface area contributed by atoms with E-state index in [9.17, 15) is 4.79 Å². The molecule has 1 atom stereocenters. The van der Waals surface area contributed by atoms with Crippen LogP contribution < -0.4 is 0 Å². The molecule has 0 saturated heterocycles.